The summed E-state index contributed by atoms with van der Waals surface area (Å²) in [6.07, 6.45) is -0.451. The zero-order chi connectivity index (χ0) is 7.28. The van der Waals surface area contributed by atoms with Crippen molar-refractivity contribution >= 4 is 5.91 Å². The Balaban J connectivity index is 3.27. The van der Waals surface area contributed by atoms with Crippen molar-refractivity contribution in [3.63, 3.8) is 0 Å². The molecule has 0 aromatic carbocycles. The summed E-state index contributed by atoms with van der Waals surface area (Å²) in [4.78, 5) is 10.1. The molecule has 0 aliphatic rings. The lowest BCUT2D eigenvalue weighted by molar-refractivity contribution is -0.126. The Bertz CT molecular complexity index is 94.2. The highest BCUT2D eigenvalue weighted by molar-refractivity contribution is 5.78. The molecule has 0 spiro atoms. The van der Waals surface area contributed by atoms with Crippen molar-refractivity contribution in [2.75, 3.05) is 6.61 Å². The van der Waals surface area contributed by atoms with Gasteiger partial charge in [-0.25, -0.2) is 0 Å². The molecular weight excluding hydrogens is 122 g/mol. The third kappa shape index (κ3) is 3.93. The minimum atomic E-state index is -1.10. The second kappa shape index (κ2) is 4.29. The zero-order valence-corrected chi connectivity index (χ0v) is 5.08. The molecule has 0 rings (SSSR count). The Morgan fingerprint density at radius 1 is 1.67 bits per heavy atom. The highest BCUT2D eigenvalue weighted by Crippen LogP contribution is 1.93. The Morgan fingerprint density at radius 2 is 2.22 bits per heavy atom. The minimum Gasteiger partial charge on any atom is -0.396 e. The van der Waals surface area contributed by atoms with Crippen LogP contribution in [0.4, 0.5) is 0 Å². The van der Waals surface area contributed by atoms with Gasteiger partial charge >= 0.3 is 0 Å². The van der Waals surface area contributed by atoms with Crippen LogP contribution in [-0.2, 0) is 4.79 Å². The average molecular weight is 133 g/mol. The molecule has 1 atom stereocenters. The van der Waals surface area contributed by atoms with Gasteiger partial charge in [-0.05, 0) is 12.8 Å². The molecule has 0 radical (unpaired) electrons. The topological polar surface area (TPSA) is 83.6 Å². The summed E-state index contributed by atoms with van der Waals surface area (Å²) >= 11 is 0. The number of rotatable bonds is 4. The molecule has 0 aliphatic carbocycles. The van der Waals surface area contributed by atoms with E-state index in [-0.39, 0.29) is 13.0 Å². The molecule has 9 heavy (non-hydrogen) atoms. The first-order valence-electron chi connectivity index (χ1n) is 2.76. The van der Waals surface area contributed by atoms with E-state index in [2.05, 4.69) is 0 Å². The maximum absolute atomic E-state index is 10.1. The van der Waals surface area contributed by atoms with Crippen molar-refractivity contribution in [2.24, 2.45) is 5.73 Å². The quantitative estimate of drug-likeness (QED) is 0.441. The number of hydrogen-bond donors (Lipinski definition) is 3. The summed E-state index contributed by atoms with van der Waals surface area (Å²) in [7, 11) is 0. The van der Waals surface area contributed by atoms with E-state index in [1.807, 2.05) is 0 Å². The summed E-state index contributed by atoms with van der Waals surface area (Å²) in [5.41, 5.74) is 4.71. The molecular formula is C5H11NO3. The molecule has 0 saturated heterocycles. The number of nitrogens with two attached hydrogens (primary N) is 1. The van der Waals surface area contributed by atoms with Gasteiger partial charge in [-0.1, -0.05) is 0 Å². The van der Waals surface area contributed by atoms with Gasteiger partial charge in [0.05, 0.1) is 0 Å². The van der Waals surface area contributed by atoms with Crippen LogP contribution in [-0.4, -0.2) is 28.8 Å². The molecule has 54 valence electrons. The van der Waals surface area contributed by atoms with Gasteiger partial charge in [-0.15, -0.1) is 0 Å². The first-order chi connectivity index (χ1) is 4.18. The lowest BCUT2D eigenvalue weighted by atomic mass is 10.2. The van der Waals surface area contributed by atoms with Crippen LogP contribution in [0.25, 0.3) is 0 Å². The predicted octanol–water partition coefficient (Wildman–Crippen LogP) is -1.39. The van der Waals surface area contributed by atoms with Gasteiger partial charge in [-0.3, -0.25) is 4.79 Å². The van der Waals surface area contributed by atoms with E-state index in [9.17, 15) is 4.79 Å². The summed E-state index contributed by atoms with van der Waals surface area (Å²) in [6, 6.07) is 0. The Kier molecular flexibility index (Phi) is 4.00. The fraction of sp³-hybridized carbons (Fsp3) is 0.800. The van der Waals surface area contributed by atoms with Gasteiger partial charge in [0.25, 0.3) is 0 Å². The van der Waals surface area contributed by atoms with Crippen LogP contribution in [0.3, 0.4) is 0 Å². The number of carbonyl (C=O) groups is 1. The van der Waals surface area contributed by atoms with Gasteiger partial charge < -0.3 is 15.9 Å². The minimum absolute atomic E-state index is 0.0235. The molecule has 0 heterocycles. The van der Waals surface area contributed by atoms with Crippen LogP contribution >= 0.6 is 0 Å². The molecule has 0 bridgehead atoms. The summed E-state index contributed by atoms with van der Waals surface area (Å²) in [6.45, 7) is -0.0235. The predicted molar refractivity (Wildman–Crippen MR) is 31.5 cm³/mol. The van der Waals surface area contributed by atoms with E-state index in [0.717, 1.165) is 0 Å². The standard InChI is InChI=1S/C5H11NO3/c6-5(9)4(8)2-1-3-7/h4,7-8H,1-3H2,(H2,6,9)/t4-/m0/s1. The number of primary amides is 1. The van der Waals surface area contributed by atoms with Gasteiger partial charge in [0, 0.05) is 6.61 Å². The number of aliphatic hydroxyl groups is 2. The number of hydrogen-bond acceptors (Lipinski definition) is 3. The van der Waals surface area contributed by atoms with Crippen LogP contribution < -0.4 is 5.73 Å². The normalized spacial score (nSPS) is 13.1. The van der Waals surface area contributed by atoms with E-state index in [0.29, 0.717) is 6.42 Å². The van der Waals surface area contributed by atoms with Crippen molar-refractivity contribution in [2.45, 2.75) is 18.9 Å². The van der Waals surface area contributed by atoms with Crippen LogP contribution in [0.15, 0.2) is 0 Å². The third-order valence-electron chi connectivity index (χ3n) is 0.964. The van der Waals surface area contributed by atoms with Crippen molar-refractivity contribution < 1.29 is 15.0 Å². The lowest BCUT2D eigenvalue weighted by Gasteiger charge is -2.02. The monoisotopic (exact) mass is 133 g/mol. The van der Waals surface area contributed by atoms with Gasteiger partial charge in [0.2, 0.25) is 5.91 Å². The molecule has 0 fully saturated rings. The lowest BCUT2D eigenvalue weighted by Crippen LogP contribution is -2.28. The number of carbonyl (C=O) groups excluding carboxylic acids is 1. The van der Waals surface area contributed by atoms with E-state index in [4.69, 9.17) is 15.9 Å². The molecule has 4 heteroatoms. The Hall–Kier alpha value is -0.610. The number of aliphatic hydroxyl groups excluding tert-OH is 2. The van der Waals surface area contributed by atoms with Crippen LogP contribution in [0, 0.1) is 0 Å². The second-order valence-electron chi connectivity index (χ2n) is 1.78. The average Bonchev–Trinajstić information content (AvgIpc) is 1.82. The SMILES string of the molecule is NC(=O)[C@@H](O)CCCO. The van der Waals surface area contributed by atoms with Crippen LogP contribution in [0.2, 0.25) is 0 Å². The Morgan fingerprint density at radius 3 is 2.56 bits per heavy atom. The Labute approximate surface area is 53.3 Å². The van der Waals surface area contributed by atoms with E-state index in [1.54, 1.807) is 0 Å². The molecule has 0 aromatic heterocycles. The second-order valence-corrected chi connectivity index (χ2v) is 1.78. The van der Waals surface area contributed by atoms with Gasteiger partial charge in [-0.2, -0.15) is 0 Å². The maximum atomic E-state index is 10.1. The van der Waals surface area contributed by atoms with Crippen molar-refractivity contribution in [3.8, 4) is 0 Å². The molecule has 1 amide bonds. The van der Waals surface area contributed by atoms with Crippen molar-refractivity contribution in [1.29, 1.82) is 0 Å². The largest absolute Gasteiger partial charge is 0.396 e. The summed E-state index contributed by atoms with van der Waals surface area (Å²) < 4.78 is 0. The first kappa shape index (κ1) is 8.39. The van der Waals surface area contributed by atoms with Crippen molar-refractivity contribution in [1.82, 2.24) is 0 Å². The fourth-order valence-electron chi connectivity index (χ4n) is 0.427. The van der Waals surface area contributed by atoms with Gasteiger partial charge in [0.15, 0.2) is 0 Å². The van der Waals surface area contributed by atoms with Crippen molar-refractivity contribution in [3.05, 3.63) is 0 Å². The number of amides is 1. The summed E-state index contributed by atoms with van der Waals surface area (Å²) in [5, 5.41) is 16.9. The summed E-state index contributed by atoms with van der Waals surface area (Å²) in [5.74, 6) is -0.733. The zero-order valence-electron chi connectivity index (χ0n) is 5.08. The van der Waals surface area contributed by atoms with Crippen LogP contribution in [0.5, 0.6) is 0 Å². The molecule has 4 N–H and O–H groups in total. The van der Waals surface area contributed by atoms with E-state index >= 15 is 0 Å². The highest BCUT2D eigenvalue weighted by Gasteiger charge is 2.08. The fourth-order valence-corrected chi connectivity index (χ4v) is 0.427. The van der Waals surface area contributed by atoms with E-state index in [1.165, 1.54) is 0 Å². The van der Waals surface area contributed by atoms with Gasteiger partial charge in [0.1, 0.15) is 6.10 Å². The maximum Gasteiger partial charge on any atom is 0.246 e. The molecule has 0 saturated carbocycles. The van der Waals surface area contributed by atoms with E-state index < -0.39 is 12.0 Å². The molecule has 4 nitrogen and oxygen atoms in total. The third-order valence-corrected chi connectivity index (χ3v) is 0.964. The highest BCUT2D eigenvalue weighted by atomic mass is 16.3. The smallest absolute Gasteiger partial charge is 0.246 e. The van der Waals surface area contributed by atoms with Crippen LogP contribution in [0.1, 0.15) is 12.8 Å². The first-order valence-corrected chi connectivity index (χ1v) is 2.76. The molecule has 0 unspecified atom stereocenters. The molecule has 0 aromatic rings. The molecule has 0 aliphatic heterocycles.